The molecule has 0 atom stereocenters. The van der Waals surface area contributed by atoms with Crippen LogP contribution in [0.15, 0.2) is 60.7 Å². The van der Waals surface area contributed by atoms with Crippen LogP contribution in [0, 0.1) is 6.92 Å². The molecule has 1 heterocycles. The van der Waals surface area contributed by atoms with Gasteiger partial charge >= 0.3 is 0 Å². The minimum absolute atomic E-state index is 0.111. The number of amides is 1. The van der Waals surface area contributed by atoms with Crippen molar-refractivity contribution in [2.75, 3.05) is 4.90 Å². The van der Waals surface area contributed by atoms with E-state index in [4.69, 9.17) is 0 Å². The average Bonchev–Trinajstić information content (AvgIpc) is 2.96. The van der Waals surface area contributed by atoms with Crippen molar-refractivity contribution in [1.82, 2.24) is 9.59 Å². The summed E-state index contributed by atoms with van der Waals surface area (Å²) in [5, 5.41) is 3.93. The summed E-state index contributed by atoms with van der Waals surface area (Å²) < 4.78 is 3.86. The molecule has 5 heteroatoms. The number of aromatic nitrogens is 2. The molecule has 0 N–H and O–H groups in total. The third kappa shape index (κ3) is 2.68. The van der Waals surface area contributed by atoms with Gasteiger partial charge in [0.15, 0.2) is 0 Å². The summed E-state index contributed by atoms with van der Waals surface area (Å²) in [6, 6.07) is 19.2. The second-order valence-corrected chi connectivity index (χ2v) is 5.25. The Hall–Kier alpha value is -2.53. The van der Waals surface area contributed by atoms with Crippen LogP contribution in [0.1, 0.15) is 15.4 Å². The van der Waals surface area contributed by atoms with Crippen molar-refractivity contribution in [1.29, 1.82) is 0 Å². The van der Waals surface area contributed by atoms with Crippen LogP contribution in [-0.4, -0.2) is 15.5 Å². The van der Waals surface area contributed by atoms with E-state index in [2.05, 4.69) is 9.59 Å². The molecule has 0 saturated carbocycles. The highest BCUT2D eigenvalue weighted by Crippen LogP contribution is 2.28. The first-order valence-corrected chi connectivity index (χ1v) is 7.28. The number of hydrogen-bond acceptors (Lipinski definition) is 4. The lowest BCUT2D eigenvalue weighted by molar-refractivity contribution is 0.100. The number of anilines is 2. The van der Waals surface area contributed by atoms with Gasteiger partial charge in [0.1, 0.15) is 4.88 Å². The Bertz CT molecular complexity index is 701. The Balaban J connectivity index is 2.09. The summed E-state index contributed by atoms with van der Waals surface area (Å²) in [5.74, 6) is -0.111. The quantitative estimate of drug-likeness (QED) is 0.738. The van der Waals surface area contributed by atoms with Gasteiger partial charge in [0.25, 0.3) is 5.91 Å². The lowest BCUT2D eigenvalue weighted by atomic mass is 10.2. The fourth-order valence-corrected chi connectivity index (χ4v) is 2.65. The molecule has 104 valence electrons. The maximum Gasteiger partial charge on any atom is 0.276 e. The van der Waals surface area contributed by atoms with Crippen LogP contribution in [0.2, 0.25) is 0 Å². The molecule has 0 spiro atoms. The number of hydrogen-bond donors (Lipinski definition) is 0. The normalized spacial score (nSPS) is 10.3. The molecular weight excluding hydrogens is 282 g/mol. The third-order valence-electron chi connectivity index (χ3n) is 3.08. The number of para-hydroxylation sites is 2. The molecule has 0 unspecified atom stereocenters. The van der Waals surface area contributed by atoms with E-state index in [1.54, 1.807) is 11.8 Å². The minimum Gasteiger partial charge on any atom is -0.276 e. The van der Waals surface area contributed by atoms with Gasteiger partial charge in [-0.05, 0) is 42.7 Å². The number of nitrogens with zero attached hydrogens (tertiary/aromatic N) is 3. The SMILES string of the molecule is Cc1nnsc1C(=O)N(c1ccccc1)c1ccccc1. The van der Waals surface area contributed by atoms with Crippen molar-refractivity contribution in [3.63, 3.8) is 0 Å². The zero-order valence-electron chi connectivity index (χ0n) is 11.4. The smallest absolute Gasteiger partial charge is 0.276 e. The van der Waals surface area contributed by atoms with E-state index in [1.807, 2.05) is 60.7 Å². The molecular formula is C16H13N3OS. The number of aryl methyl sites for hydroxylation is 1. The van der Waals surface area contributed by atoms with Crippen LogP contribution in [0.3, 0.4) is 0 Å². The van der Waals surface area contributed by atoms with Gasteiger partial charge in [-0.25, -0.2) is 0 Å². The summed E-state index contributed by atoms with van der Waals surface area (Å²) >= 11 is 1.12. The monoisotopic (exact) mass is 295 g/mol. The lowest BCUT2D eigenvalue weighted by Gasteiger charge is -2.22. The first-order chi connectivity index (χ1) is 10.3. The summed E-state index contributed by atoms with van der Waals surface area (Å²) in [6.45, 7) is 1.80. The number of carbonyl (C=O) groups is 1. The van der Waals surface area contributed by atoms with Crippen LogP contribution in [0.5, 0.6) is 0 Å². The van der Waals surface area contributed by atoms with Gasteiger partial charge in [0, 0.05) is 11.4 Å². The number of benzene rings is 2. The van der Waals surface area contributed by atoms with Gasteiger partial charge in [-0.3, -0.25) is 9.69 Å². The van der Waals surface area contributed by atoms with Crippen LogP contribution in [0.25, 0.3) is 0 Å². The largest absolute Gasteiger partial charge is 0.276 e. The van der Waals surface area contributed by atoms with E-state index in [-0.39, 0.29) is 5.91 Å². The Morgan fingerprint density at radius 3 is 1.90 bits per heavy atom. The predicted octanol–water partition coefficient (Wildman–Crippen LogP) is 3.83. The molecule has 0 fully saturated rings. The van der Waals surface area contributed by atoms with Crippen molar-refractivity contribution >= 4 is 28.8 Å². The maximum absolute atomic E-state index is 12.9. The van der Waals surface area contributed by atoms with Crippen LogP contribution >= 0.6 is 11.5 Å². The van der Waals surface area contributed by atoms with Crippen molar-refractivity contribution in [2.24, 2.45) is 0 Å². The van der Waals surface area contributed by atoms with Gasteiger partial charge in [-0.1, -0.05) is 40.9 Å². The van der Waals surface area contributed by atoms with Crippen molar-refractivity contribution < 1.29 is 4.79 Å². The van der Waals surface area contributed by atoms with Gasteiger partial charge in [-0.2, -0.15) is 0 Å². The van der Waals surface area contributed by atoms with Gasteiger partial charge in [-0.15, -0.1) is 5.10 Å². The van der Waals surface area contributed by atoms with E-state index < -0.39 is 0 Å². The molecule has 0 aliphatic carbocycles. The number of rotatable bonds is 3. The lowest BCUT2D eigenvalue weighted by Crippen LogP contribution is -2.25. The van der Waals surface area contributed by atoms with E-state index in [9.17, 15) is 4.79 Å². The Morgan fingerprint density at radius 1 is 0.952 bits per heavy atom. The maximum atomic E-state index is 12.9. The molecule has 0 aliphatic heterocycles. The van der Waals surface area contributed by atoms with Crippen molar-refractivity contribution in [3.8, 4) is 0 Å². The molecule has 3 rings (SSSR count). The van der Waals surface area contributed by atoms with Crippen molar-refractivity contribution in [3.05, 3.63) is 71.2 Å². The van der Waals surface area contributed by atoms with Gasteiger partial charge in [0.05, 0.1) is 5.69 Å². The zero-order valence-corrected chi connectivity index (χ0v) is 12.2. The molecule has 0 aliphatic rings. The summed E-state index contributed by atoms with van der Waals surface area (Å²) in [6.07, 6.45) is 0. The number of carbonyl (C=O) groups excluding carboxylic acids is 1. The second kappa shape index (κ2) is 5.85. The molecule has 0 bridgehead atoms. The topological polar surface area (TPSA) is 46.1 Å². The molecule has 4 nitrogen and oxygen atoms in total. The minimum atomic E-state index is -0.111. The highest BCUT2D eigenvalue weighted by Gasteiger charge is 2.23. The average molecular weight is 295 g/mol. The fourth-order valence-electron chi connectivity index (χ4n) is 2.07. The van der Waals surface area contributed by atoms with Crippen LogP contribution in [-0.2, 0) is 0 Å². The van der Waals surface area contributed by atoms with E-state index in [1.165, 1.54) is 0 Å². The first kappa shape index (κ1) is 13.5. The van der Waals surface area contributed by atoms with Gasteiger partial charge < -0.3 is 0 Å². The third-order valence-corrected chi connectivity index (χ3v) is 3.89. The standard InChI is InChI=1S/C16H13N3OS/c1-12-15(21-18-17-12)16(20)19(13-8-4-2-5-9-13)14-10-6-3-7-11-14/h2-11H,1H3. The zero-order chi connectivity index (χ0) is 14.7. The highest BCUT2D eigenvalue weighted by atomic mass is 32.1. The molecule has 0 saturated heterocycles. The van der Waals surface area contributed by atoms with Crippen LogP contribution < -0.4 is 4.90 Å². The molecule has 0 radical (unpaired) electrons. The van der Waals surface area contributed by atoms with Gasteiger partial charge in [0.2, 0.25) is 0 Å². The summed E-state index contributed by atoms with van der Waals surface area (Å²) in [5.41, 5.74) is 2.30. The molecule has 1 amide bonds. The Kier molecular flexibility index (Phi) is 3.75. The van der Waals surface area contributed by atoms with E-state index in [0.717, 1.165) is 22.9 Å². The molecule has 2 aromatic carbocycles. The Morgan fingerprint density at radius 2 is 1.48 bits per heavy atom. The summed E-state index contributed by atoms with van der Waals surface area (Å²) in [4.78, 5) is 15.1. The Labute approximate surface area is 126 Å². The first-order valence-electron chi connectivity index (χ1n) is 6.51. The molecule has 1 aromatic heterocycles. The highest BCUT2D eigenvalue weighted by molar-refractivity contribution is 7.08. The van der Waals surface area contributed by atoms with Crippen molar-refractivity contribution in [2.45, 2.75) is 6.92 Å². The van der Waals surface area contributed by atoms with E-state index in [0.29, 0.717) is 10.6 Å². The van der Waals surface area contributed by atoms with Crippen LogP contribution in [0.4, 0.5) is 11.4 Å². The fraction of sp³-hybridized carbons (Fsp3) is 0.0625. The molecule has 21 heavy (non-hydrogen) atoms. The second-order valence-electron chi connectivity index (χ2n) is 4.50. The summed E-state index contributed by atoms with van der Waals surface area (Å²) in [7, 11) is 0. The molecule has 3 aromatic rings. The predicted molar refractivity (Wildman–Crippen MR) is 84.0 cm³/mol. The van der Waals surface area contributed by atoms with E-state index >= 15 is 0 Å².